The van der Waals surface area contributed by atoms with Crippen LogP contribution in [-0.2, 0) is 16.6 Å². The molecule has 0 spiro atoms. The monoisotopic (exact) mass is 330 g/mol. The van der Waals surface area contributed by atoms with Crippen molar-refractivity contribution in [2.45, 2.75) is 25.4 Å². The lowest BCUT2D eigenvalue weighted by molar-refractivity contribution is -0.137. The molecule has 6 nitrogen and oxygen atoms in total. The first-order valence-corrected chi connectivity index (χ1v) is 8.23. The number of rotatable bonds is 6. The van der Waals surface area contributed by atoms with Crippen LogP contribution in [0.25, 0.3) is 10.9 Å². The van der Waals surface area contributed by atoms with Crippen molar-refractivity contribution in [2.24, 2.45) is 7.05 Å². The average Bonchev–Trinajstić information content (AvgIpc) is 3.19. The maximum absolute atomic E-state index is 13.0. The minimum absolute atomic E-state index is 0.00238. The number of nitrogens with zero attached hydrogens (tertiary/aromatic N) is 2. The van der Waals surface area contributed by atoms with E-state index in [0.29, 0.717) is 18.8 Å². The van der Waals surface area contributed by atoms with E-state index in [4.69, 9.17) is 9.84 Å². The largest absolute Gasteiger partial charge is 0.481 e. The van der Waals surface area contributed by atoms with Crippen molar-refractivity contribution in [3.63, 3.8) is 0 Å². The summed E-state index contributed by atoms with van der Waals surface area (Å²) in [5.41, 5.74) is 1.55. The molecule has 6 heteroatoms. The Morgan fingerprint density at radius 3 is 2.83 bits per heavy atom. The number of aromatic nitrogens is 1. The SMILES string of the molecule is Cn1c(C(=O)N(CCC(=O)O)C[C@@H]2CCCO2)cc2ccccc21. The second-order valence-corrected chi connectivity index (χ2v) is 6.18. The van der Waals surface area contributed by atoms with Crippen molar-refractivity contribution in [1.29, 1.82) is 0 Å². The fourth-order valence-electron chi connectivity index (χ4n) is 3.20. The molecule has 1 amide bonds. The molecule has 2 heterocycles. The van der Waals surface area contributed by atoms with Crippen molar-refractivity contribution in [2.75, 3.05) is 19.7 Å². The lowest BCUT2D eigenvalue weighted by Crippen LogP contribution is -2.39. The highest BCUT2D eigenvalue weighted by Crippen LogP contribution is 2.21. The molecule has 128 valence electrons. The van der Waals surface area contributed by atoms with Gasteiger partial charge in [0.15, 0.2) is 0 Å². The van der Waals surface area contributed by atoms with Crippen LogP contribution in [0.5, 0.6) is 0 Å². The standard InChI is InChI=1S/C18H22N2O4/c1-19-15-7-3-2-5-13(15)11-16(19)18(23)20(9-8-17(21)22)12-14-6-4-10-24-14/h2-3,5,7,11,14H,4,6,8-10,12H2,1H3,(H,21,22)/t14-/m0/s1. The number of benzene rings is 1. The fourth-order valence-corrected chi connectivity index (χ4v) is 3.20. The smallest absolute Gasteiger partial charge is 0.305 e. The van der Waals surface area contributed by atoms with Crippen molar-refractivity contribution < 1.29 is 19.4 Å². The average molecular weight is 330 g/mol. The normalized spacial score (nSPS) is 17.3. The van der Waals surface area contributed by atoms with Crippen LogP contribution >= 0.6 is 0 Å². The van der Waals surface area contributed by atoms with Crippen LogP contribution in [-0.4, -0.2) is 52.3 Å². The predicted molar refractivity (Wildman–Crippen MR) is 90.0 cm³/mol. The molecule has 3 rings (SSSR count). The molecule has 1 aliphatic rings. The second-order valence-electron chi connectivity index (χ2n) is 6.18. The zero-order chi connectivity index (χ0) is 17.1. The Labute approximate surface area is 140 Å². The summed E-state index contributed by atoms with van der Waals surface area (Å²) in [6.45, 7) is 1.34. The Kier molecular flexibility index (Phi) is 4.85. The molecule has 0 unspecified atom stereocenters. The summed E-state index contributed by atoms with van der Waals surface area (Å²) in [6, 6.07) is 9.67. The number of aryl methyl sites for hydroxylation is 1. The first-order chi connectivity index (χ1) is 11.6. The summed E-state index contributed by atoms with van der Waals surface area (Å²) in [6.07, 6.45) is 1.83. The minimum Gasteiger partial charge on any atom is -0.481 e. The van der Waals surface area contributed by atoms with E-state index in [-0.39, 0.29) is 25.0 Å². The van der Waals surface area contributed by atoms with Gasteiger partial charge in [-0.3, -0.25) is 9.59 Å². The Bertz CT molecular complexity index is 747. The quantitative estimate of drug-likeness (QED) is 0.882. The molecule has 1 aliphatic heterocycles. The van der Waals surface area contributed by atoms with E-state index < -0.39 is 5.97 Å². The van der Waals surface area contributed by atoms with Gasteiger partial charge in [-0.1, -0.05) is 18.2 Å². The fraction of sp³-hybridized carbons (Fsp3) is 0.444. The molecular weight excluding hydrogens is 308 g/mol. The molecule has 1 atom stereocenters. The molecule has 0 saturated carbocycles. The Morgan fingerprint density at radius 1 is 1.38 bits per heavy atom. The maximum Gasteiger partial charge on any atom is 0.305 e. The van der Waals surface area contributed by atoms with Gasteiger partial charge in [0.2, 0.25) is 0 Å². The molecule has 1 aromatic carbocycles. The first-order valence-electron chi connectivity index (χ1n) is 8.23. The van der Waals surface area contributed by atoms with Gasteiger partial charge in [0, 0.05) is 37.6 Å². The van der Waals surface area contributed by atoms with Crippen LogP contribution in [0.2, 0.25) is 0 Å². The van der Waals surface area contributed by atoms with Crippen LogP contribution in [0.4, 0.5) is 0 Å². The number of para-hydroxylation sites is 1. The molecule has 2 aromatic rings. The van der Waals surface area contributed by atoms with Crippen molar-refractivity contribution in [3.8, 4) is 0 Å². The number of fused-ring (bicyclic) bond motifs is 1. The number of carboxylic acid groups (broad SMARTS) is 1. The maximum atomic E-state index is 13.0. The van der Waals surface area contributed by atoms with Gasteiger partial charge in [-0.05, 0) is 25.0 Å². The van der Waals surface area contributed by atoms with E-state index in [0.717, 1.165) is 23.7 Å². The zero-order valence-corrected chi connectivity index (χ0v) is 13.8. The molecule has 0 bridgehead atoms. The molecule has 1 fully saturated rings. The van der Waals surface area contributed by atoms with Gasteiger partial charge in [0.05, 0.1) is 12.5 Å². The summed E-state index contributed by atoms with van der Waals surface area (Å²) in [5, 5.41) is 9.97. The third-order valence-corrected chi connectivity index (χ3v) is 4.50. The van der Waals surface area contributed by atoms with Gasteiger partial charge >= 0.3 is 5.97 Å². The summed E-state index contributed by atoms with van der Waals surface area (Å²) < 4.78 is 7.48. The van der Waals surface area contributed by atoms with Gasteiger partial charge in [-0.25, -0.2) is 0 Å². The van der Waals surface area contributed by atoms with E-state index in [1.54, 1.807) is 4.90 Å². The number of carboxylic acids is 1. The van der Waals surface area contributed by atoms with E-state index in [2.05, 4.69) is 0 Å². The highest BCUT2D eigenvalue weighted by atomic mass is 16.5. The Hall–Kier alpha value is -2.34. The highest BCUT2D eigenvalue weighted by Gasteiger charge is 2.25. The Balaban J connectivity index is 1.84. The molecule has 1 saturated heterocycles. The number of hydrogen-bond donors (Lipinski definition) is 1. The molecule has 1 aromatic heterocycles. The number of aliphatic carboxylic acids is 1. The van der Waals surface area contributed by atoms with Crippen LogP contribution in [0.1, 0.15) is 29.8 Å². The summed E-state index contributed by atoms with van der Waals surface area (Å²) in [7, 11) is 1.86. The van der Waals surface area contributed by atoms with E-state index in [1.807, 2.05) is 41.9 Å². The third-order valence-electron chi connectivity index (χ3n) is 4.50. The molecule has 24 heavy (non-hydrogen) atoms. The number of amides is 1. The van der Waals surface area contributed by atoms with E-state index >= 15 is 0 Å². The van der Waals surface area contributed by atoms with Gasteiger partial charge in [-0.15, -0.1) is 0 Å². The first kappa shape index (κ1) is 16.5. The van der Waals surface area contributed by atoms with Crippen molar-refractivity contribution >= 4 is 22.8 Å². The van der Waals surface area contributed by atoms with Crippen molar-refractivity contribution in [3.05, 3.63) is 36.0 Å². The number of ether oxygens (including phenoxy) is 1. The summed E-state index contributed by atoms with van der Waals surface area (Å²) in [5.74, 6) is -1.05. The lowest BCUT2D eigenvalue weighted by atomic mass is 10.2. The lowest BCUT2D eigenvalue weighted by Gasteiger charge is -2.25. The van der Waals surface area contributed by atoms with Crippen LogP contribution in [0.3, 0.4) is 0 Å². The predicted octanol–water partition coefficient (Wildman–Crippen LogP) is 2.27. The van der Waals surface area contributed by atoms with Crippen molar-refractivity contribution in [1.82, 2.24) is 9.47 Å². The number of hydrogen-bond acceptors (Lipinski definition) is 3. The van der Waals surface area contributed by atoms with Crippen LogP contribution in [0.15, 0.2) is 30.3 Å². The van der Waals surface area contributed by atoms with Gasteiger partial charge < -0.3 is 19.3 Å². The molecular formula is C18H22N2O4. The molecule has 0 aliphatic carbocycles. The summed E-state index contributed by atoms with van der Waals surface area (Å²) in [4.78, 5) is 25.5. The van der Waals surface area contributed by atoms with E-state index in [1.165, 1.54) is 0 Å². The minimum atomic E-state index is -0.905. The third kappa shape index (κ3) is 3.43. The van der Waals surface area contributed by atoms with Gasteiger partial charge in [0.25, 0.3) is 5.91 Å². The van der Waals surface area contributed by atoms with Crippen LogP contribution in [0, 0.1) is 0 Å². The summed E-state index contributed by atoms with van der Waals surface area (Å²) >= 11 is 0. The molecule has 1 N–H and O–H groups in total. The second kappa shape index (κ2) is 7.05. The van der Waals surface area contributed by atoms with Gasteiger partial charge in [0.1, 0.15) is 5.69 Å². The highest BCUT2D eigenvalue weighted by molar-refractivity contribution is 5.98. The number of carbonyl (C=O) groups excluding carboxylic acids is 1. The van der Waals surface area contributed by atoms with E-state index in [9.17, 15) is 9.59 Å². The zero-order valence-electron chi connectivity index (χ0n) is 13.8. The number of carbonyl (C=O) groups is 2. The van der Waals surface area contributed by atoms with Gasteiger partial charge in [-0.2, -0.15) is 0 Å². The Morgan fingerprint density at radius 2 is 2.17 bits per heavy atom. The van der Waals surface area contributed by atoms with Crippen LogP contribution < -0.4 is 0 Å². The molecule has 0 radical (unpaired) electrons. The topological polar surface area (TPSA) is 71.8 Å².